The van der Waals surface area contributed by atoms with E-state index in [-0.39, 0.29) is 37.0 Å². The standard InChI is InChI=1S/C31H47N3O6/c1-5-8-10-15-28(35)33-19-18-24-20-26(31(38)40-7-3)34(27(24)21-33)29(36)22(4)32-25(30(37)39-6-2)17-16-23-13-11-9-12-14-23/h9,11-14,22,24-27,32H,5-8,10,15-21H2,1-4H3/t22-,24+,25+,26+,27+/m0/s1. The third-order valence-electron chi connectivity index (χ3n) is 8.06. The molecule has 1 N–H and O–H groups in total. The summed E-state index contributed by atoms with van der Waals surface area (Å²) < 4.78 is 10.7. The molecule has 222 valence electrons. The number of fused-ring (bicyclic) bond motifs is 1. The molecule has 2 fully saturated rings. The van der Waals surface area contributed by atoms with Crippen molar-refractivity contribution in [2.24, 2.45) is 5.92 Å². The van der Waals surface area contributed by atoms with Gasteiger partial charge in [0.1, 0.15) is 12.1 Å². The van der Waals surface area contributed by atoms with E-state index in [2.05, 4.69) is 12.2 Å². The lowest BCUT2D eigenvalue weighted by Gasteiger charge is -2.40. The molecule has 1 aromatic carbocycles. The van der Waals surface area contributed by atoms with Gasteiger partial charge in [0.15, 0.2) is 0 Å². The van der Waals surface area contributed by atoms with Crippen molar-refractivity contribution in [2.75, 3.05) is 26.3 Å². The average Bonchev–Trinajstić information content (AvgIpc) is 3.34. The molecule has 0 unspecified atom stereocenters. The molecule has 1 aromatic rings. The second-order valence-electron chi connectivity index (χ2n) is 10.9. The highest BCUT2D eigenvalue weighted by Gasteiger charge is 2.50. The number of likely N-dealkylation sites (tertiary alicyclic amines) is 2. The fraction of sp³-hybridized carbons (Fsp3) is 0.677. The number of hydrogen-bond acceptors (Lipinski definition) is 7. The van der Waals surface area contributed by atoms with Gasteiger partial charge in [0.05, 0.1) is 25.3 Å². The van der Waals surface area contributed by atoms with E-state index < -0.39 is 30.1 Å². The van der Waals surface area contributed by atoms with Gasteiger partial charge >= 0.3 is 11.9 Å². The number of carbonyl (C=O) groups is 4. The topological polar surface area (TPSA) is 105 Å². The molecule has 40 heavy (non-hydrogen) atoms. The summed E-state index contributed by atoms with van der Waals surface area (Å²) >= 11 is 0. The van der Waals surface area contributed by atoms with Crippen molar-refractivity contribution < 1.29 is 28.7 Å². The summed E-state index contributed by atoms with van der Waals surface area (Å²) in [6, 6.07) is 7.48. The van der Waals surface area contributed by atoms with E-state index in [4.69, 9.17) is 9.47 Å². The van der Waals surface area contributed by atoms with Crippen LogP contribution in [0.4, 0.5) is 0 Å². The Bertz CT molecular complexity index is 987. The van der Waals surface area contributed by atoms with Crippen LogP contribution in [0.15, 0.2) is 30.3 Å². The molecule has 9 heteroatoms. The molecule has 9 nitrogen and oxygen atoms in total. The van der Waals surface area contributed by atoms with Gasteiger partial charge in [-0.25, -0.2) is 4.79 Å². The Morgan fingerprint density at radius 1 is 1.02 bits per heavy atom. The lowest BCUT2D eigenvalue weighted by molar-refractivity contribution is -0.156. The van der Waals surface area contributed by atoms with E-state index in [1.54, 1.807) is 25.7 Å². The minimum absolute atomic E-state index is 0.105. The highest BCUT2D eigenvalue weighted by Crippen LogP contribution is 2.37. The number of amides is 2. The molecule has 3 rings (SSSR count). The molecule has 0 aliphatic carbocycles. The molecule has 2 heterocycles. The van der Waals surface area contributed by atoms with Crippen LogP contribution in [-0.2, 0) is 35.1 Å². The van der Waals surface area contributed by atoms with Crippen molar-refractivity contribution in [3.8, 4) is 0 Å². The highest BCUT2D eigenvalue weighted by molar-refractivity contribution is 5.89. The van der Waals surface area contributed by atoms with Gasteiger partial charge in [0, 0.05) is 19.5 Å². The van der Waals surface area contributed by atoms with Gasteiger partial charge in [-0.2, -0.15) is 0 Å². The predicted octanol–water partition coefficient (Wildman–Crippen LogP) is 3.49. The van der Waals surface area contributed by atoms with Crippen LogP contribution < -0.4 is 5.32 Å². The number of esters is 2. The van der Waals surface area contributed by atoms with Crippen LogP contribution in [0.5, 0.6) is 0 Å². The summed E-state index contributed by atoms with van der Waals surface area (Å²) in [4.78, 5) is 56.2. The SMILES string of the molecule is CCCCCC(=O)N1CC[C@@H]2C[C@H](C(=O)OCC)N(C(=O)[C@H](C)N[C@H](CCc3ccccc3)C(=O)OCC)[C@@H]2C1. The molecular formula is C31H47N3O6. The smallest absolute Gasteiger partial charge is 0.328 e. The Morgan fingerprint density at radius 3 is 2.42 bits per heavy atom. The average molecular weight is 558 g/mol. The normalized spacial score (nSPS) is 21.9. The zero-order valence-corrected chi connectivity index (χ0v) is 24.6. The van der Waals surface area contributed by atoms with Crippen LogP contribution in [0, 0.1) is 5.92 Å². The number of piperidine rings is 1. The van der Waals surface area contributed by atoms with Gasteiger partial charge in [-0.15, -0.1) is 0 Å². The molecule has 0 bridgehead atoms. The quantitative estimate of drug-likeness (QED) is 0.276. The van der Waals surface area contributed by atoms with Crippen LogP contribution >= 0.6 is 0 Å². The Labute approximate surface area is 238 Å². The van der Waals surface area contributed by atoms with Crippen LogP contribution in [0.1, 0.15) is 78.2 Å². The maximum Gasteiger partial charge on any atom is 0.328 e. The predicted molar refractivity (Wildman–Crippen MR) is 152 cm³/mol. The summed E-state index contributed by atoms with van der Waals surface area (Å²) in [6.07, 6.45) is 5.79. The molecular weight excluding hydrogens is 510 g/mol. The third-order valence-corrected chi connectivity index (χ3v) is 8.06. The number of aryl methyl sites for hydroxylation is 1. The first-order valence-electron chi connectivity index (χ1n) is 15.0. The first-order chi connectivity index (χ1) is 19.3. The minimum atomic E-state index is -0.739. The van der Waals surface area contributed by atoms with Gasteiger partial charge in [-0.3, -0.25) is 19.7 Å². The first kappa shape index (κ1) is 31.6. The zero-order chi connectivity index (χ0) is 29.1. The maximum atomic E-state index is 14.0. The number of nitrogens with one attached hydrogen (secondary N) is 1. The van der Waals surface area contributed by atoms with Crippen molar-refractivity contribution in [3.63, 3.8) is 0 Å². The van der Waals surface area contributed by atoms with Gasteiger partial charge < -0.3 is 19.3 Å². The van der Waals surface area contributed by atoms with Crippen LogP contribution in [-0.4, -0.2) is 84.0 Å². The Morgan fingerprint density at radius 2 is 1.75 bits per heavy atom. The summed E-state index contributed by atoms with van der Waals surface area (Å²) in [6.45, 7) is 8.87. The summed E-state index contributed by atoms with van der Waals surface area (Å²) in [5.41, 5.74) is 1.09. The van der Waals surface area contributed by atoms with Gasteiger partial charge in [-0.05, 0) is 64.4 Å². The maximum absolute atomic E-state index is 14.0. The van der Waals surface area contributed by atoms with Gasteiger partial charge in [-0.1, -0.05) is 50.1 Å². The fourth-order valence-corrected chi connectivity index (χ4v) is 5.94. The van der Waals surface area contributed by atoms with Crippen molar-refractivity contribution in [1.82, 2.24) is 15.1 Å². The molecule has 2 aliphatic heterocycles. The molecule has 0 spiro atoms. The third kappa shape index (κ3) is 8.29. The number of unbranched alkanes of at least 4 members (excludes halogenated alkanes) is 2. The lowest BCUT2D eigenvalue weighted by Crippen LogP contribution is -2.59. The summed E-state index contributed by atoms with van der Waals surface area (Å²) in [5.74, 6) is -0.859. The number of carbonyl (C=O) groups excluding carboxylic acids is 4. The second-order valence-corrected chi connectivity index (χ2v) is 10.9. The van der Waals surface area contributed by atoms with E-state index in [9.17, 15) is 19.2 Å². The summed E-state index contributed by atoms with van der Waals surface area (Å²) in [5, 5.41) is 3.21. The van der Waals surface area contributed by atoms with E-state index in [1.165, 1.54) is 0 Å². The molecule has 0 aromatic heterocycles. The molecule has 0 saturated carbocycles. The number of benzene rings is 1. The van der Waals surface area contributed by atoms with E-state index in [0.717, 1.165) is 31.2 Å². The largest absolute Gasteiger partial charge is 0.465 e. The minimum Gasteiger partial charge on any atom is -0.465 e. The van der Waals surface area contributed by atoms with Crippen LogP contribution in [0.2, 0.25) is 0 Å². The first-order valence-corrected chi connectivity index (χ1v) is 15.0. The van der Waals surface area contributed by atoms with E-state index >= 15 is 0 Å². The summed E-state index contributed by atoms with van der Waals surface area (Å²) in [7, 11) is 0. The van der Waals surface area contributed by atoms with Gasteiger partial charge in [0.2, 0.25) is 11.8 Å². The van der Waals surface area contributed by atoms with Gasteiger partial charge in [0.25, 0.3) is 0 Å². The van der Waals surface area contributed by atoms with Crippen LogP contribution in [0.25, 0.3) is 0 Å². The van der Waals surface area contributed by atoms with E-state index in [0.29, 0.717) is 38.8 Å². The number of nitrogens with zero attached hydrogens (tertiary/aromatic N) is 2. The Balaban J connectivity index is 1.76. The highest BCUT2D eigenvalue weighted by atomic mass is 16.5. The number of hydrogen-bond donors (Lipinski definition) is 1. The van der Waals surface area contributed by atoms with Crippen molar-refractivity contribution in [1.29, 1.82) is 0 Å². The fourth-order valence-electron chi connectivity index (χ4n) is 5.94. The Hall–Kier alpha value is -2.94. The molecule has 5 atom stereocenters. The molecule has 2 aliphatic rings. The number of ether oxygens (including phenoxy) is 2. The molecule has 2 amide bonds. The lowest BCUT2D eigenvalue weighted by atomic mass is 9.91. The van der Waals surface area contributed by atoms with E-state index in [1.807, 2.05) is 35.2 Å². The molecule has 2 saturated heterocycles. The zero-order valence-electron chi connectivity index (χ0n) is 24.6. The van der Waals surface area contributed by atoms with Crippen molar-refractivity contribution in [2.45, 2.75) is 103 Å². The van der Waals surface area contributed by atoms with Crippen molar-refractivity contribution >= 4 is 23.8 Å². The second kappa shape index (κ2) is 15.7. The van der Waals surface area contributed by atoms with Crippen LogP contribution in [0.3, 0.4) is 0 Å². The Kier molecular flexibility index (Phi) is 12.4. The molecule has 0 radical (unpaired) electrons. The monoisotopic (exact) mass is 557 g/mol. The van der Waals surface area contributed by atoms with Crippen molar-refractivity contribution in [3.05, 3.63) is 35.9 Å². The number of rotatable bonds is 14.